The maximum absolute atomic E-state index is 13.3. The van der Waals surface area contributed by atoms with Gasteiger partial charge in [-0.1, -0.05) is 43.2 Å². The highest BCUT2D eigenvalue weighted by molar-refractivity contribution is 7.99. The number of aromatic nitrogens is 2. The fourth-order valence-corrected chi connectivity index (χ4v) is 5.12. The standard InChI is InChI=1S/C25H27N3O3S/c1-17(29)18-12-14-20(15-13-18)28-24(31)21-10-6-7-11-22(21)26-25(28)32-16-23(30)27(2)19-8-4-3-5-9-19/h6-7,10-15,19H,3-5,8-9,16H2,1-2H3. The number of thioether (sulfide) groups is 1. The van der Waals surface area contributed by atoms with Crippen LogP contribution in [0, 0.1) is 0 Å². The summed E-state index contributed by atoms with van der Waals surface area (Å²) in [4.78, 5) is 44.4. The average molecular weight is 450 g/mol. The van der Waals surface area contributed by atoms with Gasteiger partial charge < -0.3 is 4.90 Å². The number of ketones is 1. The van der Waals surface area contributed by atoms with Gasteiger partial charge in [-0.2, -0.15) is 0 Å². The van der Waals surface area contributed by atoms with Crippen LogP contribution in [0.25, 0.3) is 16.6 Å². The van der Waals surface area contributed by atoms with Gasteiger partial charge in [0.05, 0.1) is 22.3 Å². The molecule has 1 saturated carbocycles. The number of carbonyl (C=O) groups is 2. The molecular weight excluding hydrogens is 422 g/mol. The smallest absolute Gasteiger partial charge is 0.266 e. The molecular formula is C25H27N3O3S. The maximum Gasteiger partial charge on any atom is 0.266 e. The highest BCUT2D eigenvalue weighted by atomic mass is 32.2. The monoisotopic (exact) mass is 449 g/mol. The Kier molecular flexibility index (Phi) is 6.74. The second kappa shape index (κ2) is 9.69. The maximum atomic E-state index is 13.3. The van der Waals surface area contributed by atoms with Crippen LogP contribution in [-0.2, 0) is 4.79 Å². The third-order valence-electron chi connectivity index (χ3n) is 6.12. The lowest BCUT2D eigenvalue weighted by Crippen LogP contribution is -2.39. The van der Waals surface area contributed by atoms with Crippen molar-refractivity contribution in [1.29, 1.82) is 0 Å². The van der Waals surface area contributed by atoms with Gasteiger partial charge in [0.2, 0.25) is 5.91 Å². The first kappa shape index (κ1) is 22.3. The first-order chi connectivity index (χ1) is 15.5. The number of rotatable bonds is 6. The highest BCUT2D eigenvalue weighted by Crippen LogP contribution is 2.25. The summed E-state index contributed by atoms with van der Waals surface area (Å²) in [5, 5.41) is 0.979. The van der Waals surface area contributed by atoms with Gasteiger partial charge >= 0.3 is 0 Å². The molecule has 6 nitrogen and oxygen atoms in total. The molecule has 2 aromatic carbocycles. The molecule has 0 atom stereocenters. The molecule has 0 aliphatic heterocycles. The molecule has 0 unspecified atom stereocenters. The van der Waals surface area contributed by atoms with E-state index in [0.717, 1.165) is 25.7 Å². The van der Waals surface area contributed by atoms with Gasteiger partial charge in [0.25, 0.3) is 5.56 Å². The Labute approximate surface area is 191 Å². The Morgan fingerprint density at radius 2 is 1.75 bits per heavy atom. The van der Waals surface area contributed by atoms with E-state index in [-0.39, 0.29) is 23.0 Å². The third-order valence-corrected chi connectivity index (χ3v) is 7.04. The van der Waals surface area contributed by atoms with E-state index in [4.69, 9.17) is 4.98 Å². The predicted molar refractivity (Wildman–Crippen MR) is 128 cm³/mol. The minimum Gasteiger partial charge on any atom is -0.342 e. The number of benzene rings is 2. The van der Waals surface area contributed by atoms with Crippen LogP contribution in [0.4, 0.5) is 0 Å². The molecule has 0 saturated heterocycles. The summed E-state index contributed by atoms with van der Waals surface area (Å²) in [5.41, 5.74) is 1.61. The lowest BCUT2D eigenvalue weighted by atomic mass is 9.94. The largest absolute Gasteiger partial charge is 0.342 e. The zero-order chi connectivity index (χ0) is 22.7. The highest BCUT2D eigenvalue weighted by Gasteiger charge is 2.23. The van der Waals surface area contributed by atoms with Crippen LogP contribution in [0.2, 0.25) is 0 Å². The molecule has 1 heterocycles. The lowest BCUT2D eigenvalue weighted by Gasteiger charge is -2.31. The van der Waals surface area contributed by atoms with Crippen molar-refractivity contribution >= 4 is 34.4 Å². The van der Waals surface area contributed by atoms with Crippen molar-refractivity contribution in [2.75, 3.05) is 12.8 Å². The fraction of sp³-hybridized carbons (Fsp3) is 0.360. The van der Waals surface area contributed by atoms with Crippen molar-refractivity contribution in [3.63, 3.8) is 0 Å². The number of carbonyl (C=O) groups excluding carboxylic acids is 2. The fourth-order valence-electron chi connectivity index (χ4n) is 4.18. The summed E-state index contributed by atoms with van der Waals surface area (Å²) < 4.78 is 1.53. The van der Waals surface area contributed by atoms with E-state index in [1.807, 2.05) is 24.1 Å². The van der Waals surface area contributed by atoms with E-state index in [2.05, 4.69) is 0 Å². The summed E-state index contributed by atoms with van der Waals surface area (Å²) in [6.45, 7) is 1.51. The lowest BCUT2D eigenvalue weighted by molar-refractivity contribution is -0.129. The van der Waals surface area contributed by atoms with Crippen LogP contribution >= 0.6 is 11.8 Å². The minimum absolute atomic E-state index is 0.0357. The summed E-state index contributed by atoms with van der Waals surface area (Å²) in [6, 6.07) is 14.4. The molecule has 3 aromatic rings. The first-order valence-corrected chi connectivity index (χ1v) is 12.0. The van der Waals surface area contributed by atoms with Crippen LogP contribution < -0.4 is 5.56 Å². The molecule has 1 amide bonds. The molecule has 1 fully saturated rings. The first-order valence-electron chi connectivity index (χ1n) is 11.0. The summed E-state index contributed by atoms with van der Waals surface area (Å²) in [5.74, 6) is 0.220. The van der Waals surface area contributed by atoms with Crippen molar-refractivity contribution in [1.82, 2.24) is 14.5 Å². The Bertz CT molecular complexity index is 1200. The molecule has 1 aliphatic carbocycles. The normalized spacial score (nSPS) is 14.4. The second-order valence-corrected chi connectivity index (χ2v) is 9.18. The Morgan fingerprint density at radius 3 is 2.44 bits per heavy atom. The van der Waals surface area contributed by atoms with Gasteiger partial charge in [-0.15, -0.1) is 0 Å². The molecule has 32 heavy (non-hydrogen) atoms. The number of amides is 1. The third kappa shape index (κ3) is 4.63. The SMILES string of the molecule is CC(=O)c1ccc(-n2c(SCC(=O)N(C)C3CCCCC3)nc3ccccc3c2=O)cc1. The van der Waals surface area contributed by atoms with Crippen molar-refractivity contribution in [2.45, 2.75) is 50.2 Å². The predicted octanol–water partition coefficient (Wildman–Crippen LogP) is 4.47. The minimum atomic E-state index is -0.193. The second-order valence-electron chi connectivity index (χ2n) is 8.24. The Morgan fingerprint density at radius 1 is 1.06 bits per heavy atom. The van der Waals surface area contributed by atoms with E-state index in [0.29, 0.717) is 33.4 Å². The van der Waals surface area contributed by atoms with Gasteiger partial charge in [-0.25, -0.2) is 4.98 Å². The van der Waals surface area contributed by atoms with Crippen molar-refractivity contribution in [3.05, 3.63) is 64.4 Å². The van der Waals surface area contributed by atoms with Crippen LogP contribution in [0.15, 0.2) is 58.5 Å². The van der Waals surface area contributed by atoms with Gasteiger partial charge in [0, 0.05) is 18.7 Å². The van der Waals surface area contributed by atoms with E-state index in [1.54, 1.807) is 36.4 Å². The van der Waals surface area contributed by atoms with Crippen molar-refractivity contribution < 1.29 is 9.59 Å². The van der Waals surface area contributed by atoms with Gasteiger partial charge in [-0.3, -0.25) is 19.0 Å². The van der Waals surface area contributed by atoms with Gasteiger partial charge in [-0.05, 0) is 56.2 Å². The molecule has 4 rings (SSSR count). The summed E-state index contributed by atoms with van der Waals surface area (Å²) >= 11 is 1.28. The average Bonchev–Trinajstić information content (AvgIpc) is 2.83. The van der Waals surface area contributed by atoms with Crippen molar-refractivity contribution in [3.8, 4) is 5.69 Å². The molecule has 0 spiro atoms. The van der Waals surface area contributed by atoms with E-state index < -0.39 is 0 Å². The van der Waals surface area contributed by atoms with E-state index in [1.165, 1.54) is 29.7 Å². The quantitative estimate of drug-likeness (QED) is 0.315. The van der Waals surface area contributed by atoms with E-state index in [9.17, 15) is 14.4 Å². The van der Waals surface area contributed by atoms with Crippen LogP contribution in [0.3, 0.4) is 0 Å². The molecule has 0 N–H and O–H groups in total. The van der Waals surface area contributed by atoms with Gasteiger partial charge in [0.15, 0.2) is 10.9 Å². The van der Waals surface area contributed by atoms with E-state index >= 15 is 0 Å². The summed E-state index contributed by atoms with van der Waals surface area (Å²) in [6.07, 6.45) is 5.67. The van der Waals surface area contributed by atoms with Crippen LogP contribution in [0.1, 0.15) is 49.4 Å². The zero-order valence-electron chi connectivity index (χ0n) is 18.4. The zero-order valence-corrected chi connectivity index (χ0v) is 19.2. The number of fused-ring (bicyclic) bond motifs is 1. The number of nitrogens with zero attached hydrogens (tertiary/aromatic N) is 3. The number of Topliss-reactive ketones (excluding diaryl/α,β-unsaturated/α-hetero) is 1. The molecule has 7 heteroatoms. The molecule has 0 bridgehead atoms. The summed E-state index contributed by atoms with van der Waals surface area (Å²) in [7, 11) is 1.88. The van der Waals surface area contributed by atoms with Gasteiger partial charge in [0.1, 0.15) is 0 Å². The molecule has 0 radical (unpaired) electrons. The van der Waals surface area contributed by atoms with Crippen molar-refractivity contribution in [2.24, 2.45) is 0 Å². The number of hydrogen-bond donors (Lipinski definition) is 0. The Hall–Kier alpha value is -2.93. The molecule has 166 valence electrons. The van der Waals surface area contributed by atoms with Crippen LogP contribution in [-0.4, -0.2) is 45.0 Å². The Balaban J connectivity index is 1.66. The molecule has 1 aromatic heterocycles. The number of para-hydroxylation sites is 1. The molecule has 1 aliphatic rings. The van der Waals surface area contributed by atoms with Crippen LogP contribution in [0.5, 0.6) is 0 Å². The topological polar surface area (TPSA) is 72.3 Å². The number of hydrogen-bond acceptors (Lipinski definition) is 5.